The number of benzene rings is 2. The molecule has 0 aliphatic carbocycles. The molecule has 0 spiro atoms. The Labute approximate surface area is 169 Å². The SMILES string of the molecule is CCCc1ccc(OCC(O)CN2CCN(c3ccccc3)CC2)cc1.[Cl-]. The lowest BCUT2D eigenvalue weighted by atomic mass is 10.1. The summed E-state index contributed by atoms with van der Waals surface area (Å²) in [5.74, 6) is 0.831. The number of rotatable bonds is 8. The lowest BCUT2D eigenvalue weighted by Gasteiger charge is -2.36. The highest BCUT2D eigenvalue weighted by molar-refractivity contribution is 5.46. The van der Waals surface area contributed by atoms with Crippen LogP contribution in [-0.4, -0.2) is 55.4 Å². The van der Waals surface area contributed by atoms with Gasteiger partial charge in [-0.1, -0.05) is 43.7 Å². The Morgan fingerprint density at radius 1 is 0.963 bits per heavy atom. The maximum atomic E-state index is 10.3. The number of para-hydroxylation sites is 1. The predicted octanol–water partition coefficient (Wildman–Crippen LogP) is 0.205. The van der Waals surface area contributed by atoms with Gasteiger partial charge in [0.25, 0.3) is 0 Å². The number of ether oxygens (including phenoxy) is 1. The van der Waals surface area contributed by atoms with Crippen LogP contribution in [0.2, 0.25) is 0 Å². The standard InChI is InChI=1S/C22H30N2O2.ClH/c1-2-6-19-9-11-22(12-10-19)26-18-21(25)17-23-13-15-24(16-14-23)20-7-4-3-5-8-20;/h3-5,7-12,21,25H,2,6,13-18H2,1H3;1H/p-1. The van der Waals surface area contributed by atoms with E-state index in [9.17, 15) is 5.11 Å². The van der Waals surface area contributed by atoms with Gasteiger partial charge in [0, 0.05) is 38.4 Å². The second kappa shape index (κ2) is 11.2. The predicted molar refractivity (Wildman–Crippen MR) is 107 cm³/mol. The van der Waals surface area contributed by atoms with Gasteiger partial charge in [0.1, 0.15) is 18.5 Å². The Bertz CT molecular complexity index is 643. The molecule has 1 aliphatic heterocycles. The van der Waals surface area contributed by atoms with E-state index < -0.39 is 6.10 Å². The van der Waals surface area contributed by atoms with Gasteiger partial charge in [0.05, 0.1) is 0 Å². The summed E-state index contributed by atoms with van der Waals surface area (Å²) in [6.45, 7) is 7.12. The summed E-state index contributed by atoms with van der Waals surface area (Å²) >= 11 is 0. The molecule has 3 rings (SSSR count). The number of hydrogen-bond acceptors (Lipinski definition) is 4. The van der Waals surface area contributed by atoms with E-state index in [0.29, 0.717) is 13.2 Å². The molecule has 0 radical (unpaired) electrons. The molecule has 1 fully saturated rings. The quantitative estimate of drug-likeness (QED) is 0.700. The fourth-order valence-corrected chi connectivity index (χ4v) is 3.41. The number of anilines is 1. The van der Waals surface area contributed by atoms with Crippen molar-refractivity contribution in [2.75, 3.05) is 44.2 Å². The van der Waals surface area contributed by atoms with E-state index in [-0.39, 0.29) is 12.4 Å². The van der Waals surface area contributed by atoms with Crippen LogP contribution in [0.5, 0.6) is 5.75 Å². The normalized spacial score (nSPS) is 15.9. The number of nitrogens with zero attached hydrogens (tertiary/aromatic N) is 2. The number of β-amino-alcohol motifs (C(OH)–C–C–N with tert-alkyl or cyclic N) is 1. The molecule has 2 aromatic carbocycles. The minimum atomic E-state index is -0.464. The van der Waals surface area contributed by atoms with Crippen LogP contribution in [0.3, 0.4) is 0 Å². The molecule has 1 aliphatic rings. The Morgan fingerprint density at radius 2 is 1.63 bits per heavy atom. The van der Waals surface area contributed by atoms with Crippen LogP contribution in [0.4, 0.5) is 5.69 Å². The summed E-state index contributed by atoms with van der Waals surface area (Å²) in [5.41, 5.74) is 2.61. The molecule has 1 heterocycles. The van der Waals surface area contributed by atoms with E-state index in [1.165, 1.54) is 11.3 Å². The molecule has 0 amide bonds. The Morgan fingerprint density at radius 3 is 2.26 bits per heavy atom. The second-order valence-corrected chi connectivity index (χ2v) is 6.98. The zero-order valence-corrected chi connectivity index (χ0v) is 16.8. The highest BCUT2D eigenvalue weighted by Crippen LogP contribution is 2.16. The molecule has 0 bridgehead atoms. The largest absolute Gasteiger partial charge is 1.00 e. The maximum absolute atomic E-state index is 10.3. The van der Waals surface area contributed by atoms with Gasteiger partial charge in [-0.25, -0.2) is 0 Å². The topological polar surface area (TPSA) is 35.9 Å². The molecule has 0 saturated carbocycles. The van der Waals surface area contributed by atoms with Crippen LogP contribution in [0.1, 0.15) is 18.9 Å². The summed E-state index contributed by atoms with van der Waals surface area (Å²) in [5, 5.41) is 10.3. The molecule has 5 heteroatoms. The molecule has 1 unspecified atom stereocenters. The first-order valence-electron chi connectivity index (χ1n) is 9.66. The number of hydrogen-bond donors (Lipinski definition) is 1. The molecular formula is C22H30ClN2O2-. The fraction of sp³-hybridized carbons (Fsp3) is 0.455. The number of aliphatic hydroxyl groups is 1. The third-order valence-electron chi connectivity index (χ3n) is 4.87. The lowest BCUT2D eigenvalue weighted by molar-refractivity contribution is -0.00000761. The Balaban J connectivity index is 0.00000261. The monoisotopic (exact) mass is 389 g/mol. The van der Waals surface area contributed by atoms with Crippen LogP contribution < -0.4 is 22.0 Å². The number of halogens is 1. The molecule has 2 aromatic rings. The zero-order valence-electron chi connectivity index (χ0n) is 16.1. The third kappa shape index (κ3) is 6.73. The Kier molecular flexibility index (Phi) is 8.92. The van der Waals surface area contributed by atoms with Crippen molar-refractivity contribution < 1.29 is 22.3 Å². The average molecular weight is 390 g/mol. The number of aliphatic hydroxyl groups excluding tert-OH is 1. The van der Waals surface area contributed by atoms with Gasteiger partial charge in [0.2, 0.25) is 0 Å². The van der Waals surface area contributed by atoms with E-state index in [0.717, 1.165) is 44.8 Å². The van der Waals surface area contributed by atoms with Gasteiger partial charge in [-0.2, -0.15) is 0 Å². The van der Waals surface area contributed by atoms with Crippen molar-refractivity contribution in [1.82, 2.24) is 4.90 Å². The lowest BCUT2D eigenvalue weighted by Crippen LogP contribution is -3.00. The van der Waals surface area contributed by atoms with Crippen molar-refractivity contribution in [1.29, 1.82) is 0 Å². The van der Waals surface area contributed by atoms with Crippen molar-refractivity contribution in [2.24, 2.45) is 0 Å². The van der Waals surface area contributed by atoms with Crippen molar-refractivity contribution in [3.05, 3.63) is 60.2 Å². The highest BCUT2D eigenvalue weighted by atomic mass is 35.5. The summed E-state index contributed by atoms with van der Waals surface area (Å²) in [7, 11) is 0. The Hall–Kier alpha value is -1.75. The molecule has 27 heavy (non-hydrogen) atoms. The van der Waals surface area contributed by atoms with Gasteiger partial charge in [-0.15, -0.1) is 0 Å². The second-order valence-electron chi connectivity index (χ2n) is 6.98. The van der Waals surface area contributed by atoms with Crippen molar-refractivity contribution >= 4 is 5.69 Å². The van der Waals surface area contributed by atoms with E-state index in [2.05, 4.69) is 53.1 Å². The van der Waals surface area contributed by atoms with Crippen LogP contribution >= 0.6 is 0 Å². The highest BCUT2D eigenvalue weighted by Gasteiger charge is 2.19. The van der Waals surface area contributed by atoms with Crippen LogP contribution in [-0.2, 0) is 6.42 Å². The summed E-state index contributed by atoms with van der Waals surface area (Å²) in [6, 6.07) is 18.7. The van der Waals surface area contributed by atoms with Crippen molar-refractivity contribution in [2.45, 2.75) is 25.9 Å². The number of piperazine rings is 1. The molecule has 1 N–H and O–H groups in total. The van der Waals surface area contributed by atoms with Gasteiger partial charge in [-0.05, 0) is 36.2 Å². The minimum absolute atomic E-state index is 0. The van der Waals surface area contributed by atoms with Gasteiger partial charge in [0.15, 0.2) is 0 Å². The van der Waals surface area contributed by atoms with E-state index >= 15 is 0 Å². The zero-order chi connectivity index (χ0) is 18.2. The third-order valence-corrected chi connectivity index (χ3v) is 4.87. The van der Waals surface area contributed by atoms with E-state index in [4.69, 9.17) is 4.74 Å². The summed E-state index contributed by atoms with van der Waals surface area (Å²) < 4.78 is 5.75. The van der Waals surface area contributed by atoms with Gasteiger partial charge in [-0.3, -0.25) is 4.90 Å². The minimum Gasteiger partial charge on any atom is -1.00 e. The average Bonchev–Trinajstić information content (AvgIpc) is 2.69. The molecule has 1 atom stereocenters. The molecule has 1 saturated heterocycles. The van der Waals surface area contributed by atoms with Gasteiger partial charge >= 0.3 is 0 Å². The van der Waals surface area contributed by atoms with Crippen LogP contribution in [0, 0.1) is 0 Å². The molecule has 148 valence electrons. The van der Waals surface area contributed by atoms with Crippen molar-refractivity contribution in [3.8, 4) is 5.75 Å². The molecule has 0 aromatic heterocycles. The van der Waals surface area contributed by atoms with Crippen LogP contribution in [0.25, 0.3) is 0 Å². The van der Waals surface area contributed by atoms with E-state index in [1.54, 1.807) is 0 Å². The molecule has 4 nitrogen and oxygen atoms in total. The van der Waals surface area contributed by atoms with Gasteiger partial charge < -0.3 is 27.2 Å². The smallest absolute Gasteiger partial charge is 0.119 e. The fourth-order valence-electron chi connectivity index (χ4n) is 3.41. The first-order chi connectivity index (χ1) is 12.7. The summed E-state index contributed by atoms with van der Waals surface area (Å²) in [4.78, 5) is 4.72. The first kappa shape index (κ1) is 21.5. The number of aryl methyl sites for hydroxylation is 1. The van der Waals surface area contributed by atoms with Crippen molar-refractivity contribution in [3.63, 3.8) is 0 Å². The molecular weight excluding hydrogens is 360 g/mol. The first-order valence-corrected chi connectivity index (χ1v) is 9.66. The van der Waals surface area contributed by atoms with Crippen LogP contribution in [0.15, 0.2) is 54.6 Å². The van der Waals surface area contributed by atoms with E-state index in [1.807, 2.05) is 18.2 Å². The maximum Gasteiger partial charge on any atom is 0.119 e. The summed E-state index contributed by atoms with van der Waals surface area (Å²) in [6.07, 6.45) is 1.78.